The molecule has 2 fully saturated rings. The van der Waals surface area contributed by atoms with Crippen molar-refractivity contribution >= 4 is 12.0 Å². The summed E-state index contributed by atoms with van der Waals surface area (Å²) in [6, 6.07) is -0.878. The van der Waals surface area contributed by atoms with E-state index >= 15 is 0 Å². The zero-order chi connectivity index (χ0) is 14.0. The highest BCUT2D eigenvalue weighted by Gasteiger charge is 2.37. The summed E-state index contributed by atoms with van der Waals surface area (Å²) >= 11 is 0. The number of rotatable bonds is 4. The number of carboxylic acid groups (broad SMARTS) is 1. The average molecular weight is 268 g/mol. The molecule has 0 bridgehead atoms. The minimum absolute atomic E-state index is 0.118. The summed E-state index contributed by atoms with van der Waals surface area (Å²) in [5.41, 5.74) is 0. The number of amides is 2. The molecular weight excluding hydrogens is 244 g/mol. The molecule has 2 aliphatic rings. The monoisotopic (exact) mass is 268 g/mol. The maximum atomic E-state index is 11.9. The van der Waals surface area contributed by atoms with Crippen LogP contribution in [0.4, 0.5) is 4.79 Å². The molecule has 0 aliphatic heterocycles. The van der Waals surface area contributed by atoms with Crippen LogP contribution in [0.2, 0.25) is 0 Å². The quantitative estimate of drug-likeness (QED) is 0.729. The summed E-state index contributed by atoms with van der Waals surface area (Å²) in [6.07, 6.45) is 4.97. The van der Waals surface area contributed by atoms with Gasteiger partial charge >= 0.3 is 12.0 Å². The van der Waals surface area contributed by atoms with Gasteiger partial charge in [-0.3, -0.25) is 0 Å². The zero-order valence-electron chi connectivity index (χ0n) is 11.7. The molecule has 0 aromatic carbocycles. The molecule has 2 aliphatic carbocycles. The van der Waals surface area contributed by atoms with Crippen molar-refractivity contribution in [2.45, 2.75) is 58.0 Å². The second kappa shape index (κ2) is 5.80. The smallest absolute Gasteiger partial charge is 0.326 e. The van der Waals surface area contributed by atoms with Crippen LogP contribution in [0.15, 0.2) is 0 Å². The van der Waals surface area contributed by atoms with Crippen LogP contribution in [-0.2, 0) is 4.79 Å². The van der Waals surface area contributed by atoms with E-state index in [1.54, 1.807) is 0 Å². The van der Waals surface area contributed by atoms with Gasteiger partial charge in [-0.15, -0.1) is 0 Å². The van der Waals surface area contributed by atoms with Crippen LogP contribution in [-0.4, -0.2) is 29.2 Å². The predicted octanol–water partition coefficient (Wildman–Crippen LogP) is 1.97. The Labute approximate surface area is 114 Å². The predicted molar refractivity (Wildman–Crippen MR) is 71.8 cm³/mol. The van der Waals surface area contributed by atoms with Gasteiger partial charge in [0.2, 0.25) is 0 Å². The lowest BCUT2D eigenvalue weighted by Gasteiger charge is -2.32. The van der Waals surface area contributed by atoms with Crippen LogP contribution in [0.3, 0.4) is 0 Å². The molecule has 0 radical (unpaired) electrons. The van der Waals surface area contributed by atoms with Crippen molar-refractivity contribution in [2.24, 2.45) is 17.8 Å². The molecule has 0 aromatic heterocycles. The fourth-order valence-corrected chi connectivity index (χ4v) is 3.24. The number of hydrogen-bond donors (Lipinski definition) is 3. The van der Waals surface area contributed by atoms with Gasteiger partial charge in [-0.05, 0) is 49.9 Å². The number of hydrogen-bond acceptors (Lipinski definition) is 2. The van der Waals surface area contributed by atoms with Gasteiger partial charge in [0.15, 0.2) is 0 Å². The first-order valence-corrected chi connectivity index (χ1v) is 7.25. The molecule has 0 saturated heterocycles. The number of carbonyl (C=O) groups excluding carboxylic acids is 1. The van der Waals surface area contributed by atoms with E-state index in [1.165, 1.54) is 6.42 Å². The molecule has 0 aromatic rings. The highest BCUT2D eigenvalue weighted by molar-refractivity contribution is 5.83. The lowest BCUT2D eigenvalue weighted by molar-refractivity contribution is -0.139. The first-order valence-electron chi connectivity index (χ1n) is 7.25. The third kappa shape index (κ3) is 4.11. The second-order valence-electron chi connectivity index (χ2n) is 6.39. The molecule has 2 rings (SSSR count). The van der Waals surface area contributed by atoms with Gasteiger partial charge < -0.3 is 15.7 Å². The topological polar surface area (TPSA) is 78.4 Å². The first kappa shape index (κ1) is 14.2. The van der Waals surface area contributed by atoms with Gasteiger partial charge in [0.05, 0.1) is 0 Å². The largest absolute Gasteiger partial charge is 0.480 e. The molecule has 3 unspecified atom stereocenters. The molecule has 2 saturated carbocycles. The van der Waals surface area contributed by atoms with Crippen molar-refractivity contribution in [3.8, 4) is 0 Å². The maximum absolute atomic E-state index is 11.9. The Bertz CT molecular complexity index is 345. The molecule has 108 valence electrons. The molecule has 5 nitrogen and oxygen atoms in total. The van der Waals surface area contributed by atoms with Crippen molar-refractivity contribution in [1.82, 2.24) is 10.6 Å². The van der Waals surface area contributed by atoms with Gasteiger partial charge in [-0.25, -0.2) is 9.59 Å². The number of urea groups is 1. The van der Waals surface area contributed by atoms with E-state index in [1.807, 2.05) is 0 Å². The van der Waals surface area contributed by atoms with E-state index < -0.39 is 12.0 Å². The molecule has 19 heavy (non-hydrogen) atoms. The minimum atomic E-state index is -0.928. The number of aliphatic carboxylic acids is 1. The van der Waals surface area contributed by atoms with Gasteiger partial charge in [-0.2, -0.15) is 0 Å². The summed E-state index contributed by atoms with van der Waals surface area (Å²) in [5, 5.41) is 14.6. The number of nitrogens with one attached hydrogen (secondary N) is 2. The van der Waals surface area contributed by atoms with Crippen LogP contribution in [0, 0.1) is 17.8 Å². The van der Waals surface area contributed by atoms with Crippen LogP contribution in [0.25, 0.3) is 0 Å². The van der Waals surface area contributed by atoms with E-state index in [2.05, 4.69) is 24.5 Å². The summed E-state index contributed by atoms with van der Waals surface area (Å²) in [4.78, 5) is 23.0. The van der Waals surface area contributed by atoms with Crippen LogP contribution in [0.5, 0.6) is 0 Å². The van der Waals surface area contributed by atoms with Crippen LogP contribution >= 0.6 is 0 Å². The Hall–Kier alpha value is -1.26. The van der Waals surface area contributed by atoms with Crippen LogP contribution < -0.4 is 10.6 Å². The van der Waals surface area contributed by atoms with Crippen molar-refractivity contribution in [2.75, 3.05) is 0 Å². The molecule has 0 heterocycles. The first-order chi connectivity index (χ1) is 8.95. The Kier molecular flexibility index (Phi) is 4.32. The van der Waals surface area contributed by atoms with Gasteiger partial charge in [0, 0.05) is 6.04 Å². The molecule has 5 heteroatoms. The lowest BCUT2D eigenvalue weighted by atomic mass is 9.80. The standard InChI is InChI=1S/C14H24N2O3/c1-8-5-9(2)7-11(6-8)15-14(19)16-12(13(17)18)10-3-4-10/h8-12H,3-7H2,1-2H3,(H,17,18)(H2,15,16,19). The zero-order valence-corrected chi connectivity index (χ0v) is 11.7. The normalized spacial score (nSPS) is 32.4. The third-order valence-corrected chi connectivity index (χ3v) is 4.16. The summed E-state index contributed by atoms with van der Waals surface area (Å²) in [6.45, 7) is 4.40. The van der Waals surface area contributed by atoms with Crippen molar-refractivity contribution in [3.05, 3.63) is 0 Å². The van der Waals surface area contributed by atoms with Gasteiger partial charge in [0.25, 0.3) is 0 Å². The SMILES string of the molecule is CC1CC(C)CC(NC(=O)NC(C(=O)O)C2CC2)C1. The van der Waals surface area contributed by atoms with Gasteiger partial charge in [-0.1, -0.05) is 13.8 Å². The summed E-state index contributed by atoms with van der Waals surface area (Å²) < 4.78 is 0. The van der Waals surface area contributed by atoms with E-state index in [-0.39, 0.29) is 18.0 Å². The highest BCUT2D eigenvalue weighted by Crippen LogP contribution is 2.33. The Morgan fingerprint density at radius 2 is 1.68 bits per heavy atom. The van der Waals surface area contributed by atoms with Crippen molar-refractivity contribution < 1.29 is 14.7 Å². The van der Waals surface area contributed by atoms with Gasteiger partial charge in [0.1, 0.15) is 6.04 Å². The summed E-state index contributed by atoms with van der Waals surface area (Å²) in [5.74, 6) is 0.427. The van der Waals surface area contributed by atoms with Crippen molar-refractivity contribution in [3.63, 3.8) is 0 Å². The maximum Gasteiger partial charge on any atom is 0.326 e. The van der Waals surface area contributed by atoms with E-state index in [4.69, 9.17) is 5.11 Å². The molecule has 2 amide bonds. The number of carbonyl (C=O) groups is 2. The van der Waals surface area contributed by atoms with Crippen molar-refractivity contribution in [1.29, 1.82) is 0 Å². The highest BCUT2D eigenvalue weighted by atomic mass is 16.4. The van der Waals surface area contributed by atoms with E-state index in [0.717, 1.165) is 25.7 Å². The minimum Gasteiger partial charge on any atom is -0.480 e. The fraction of sp³-hybridized carbons (Fsp3) is 0.857. The van der Waals surface area contributed by atoms with Crippen LogP contribution in [0.1, 0.15) is 46.0 Å². The Morgan fingerprint density at radius 3 is 2.16 bits per heavy atom. The van der Waals surface area contributed by atoms with E-state index in [9.17, 15) is 9.59 Å². The fourth-order valence-electron chi connectivity index (χ4n) is 3.24. The number of carboxylic acids is 1. The molecule has 0 spiro atoms. The second-order valence-corrected chi connectivity index (χ2v) is 6.39. The molecular formula is C14H24N2O3. The van der Waals surface area contributed by atoms with E-state index in [0.29, 0.717) is 11.8 Å². The Balaban J connectivity index is 1.81. The summed E-state index contributed by atoms with van der Waals surface area (Å²) in [7, 11) is 0. The Morgan fingerprint density at radius 1 is 1.11 bits per heavy atom. The lowest BCUT2D eigenvalue weighted by Crippen LogP contribution is -2.51. The molecule has 3 atom stereocenters. The average Bonchev–Trinajstić information content (AvgIpc) is 3.07. The molecule has 3 N–H and O–H groups in total. The third-order valence-electron chi connectivity index (χ3n) is 4.16.